The summed E-state index contributed by atoms with van der Waals surface area (Å²) < 4.78 is 24.9. The molecule has 5 nitrogen and oxygen atoms in total. The molecule has 1 aromatic carbocycles. The Morgan fingerprint density at radius 3 is 2.50 bits per heavy atom. The van der Waals surface area contributed by atoms with Crippen LogP contribution in [0.5, 0.6) is 0 Å². The number of sulfone groups is 1. The summed E-state index contributed by atoms with van der Waals surface area (Å²) in [6, 6.07) is 8.89. The van der Waals surface area contributed by atoms with E-state index in [-0.39, 0.29) is 18.1 Å². The maximum Gasteiger partial charge on any atom is 0.223 e. The summed E-state index contributed by atoms with van der Waals surface area (Å²) in [5.74, 6) is 1.30. The van der Waals surface area contributed by atoms with Crippen LogP contribution < -0.4 is 0 Å². The van der Waals surface area contributed by atoms with Gasteiger partial charge in [-0.2, -0.15) is 0 Å². The highest BCUT2D eigenvalue weighted by molar-refractivity contribution is 7.91. The minimum absolute atomic E-state index is 0.00493. The first kappa shape index (κ1) is 18.0. The highest BCUT2D eigenvalue weighted by atomic mass is 32.2. The molecule has 142 valence electrons. The summed E-state index contributed by atoms with van der Waals surface area (Å²) >= 11 is 0. The van der Waals surface area contributed by atoms with Crippen molar-refractivity contribution in [2.45, 2.75) is 43.0 Å². The molecule has 4 fully saturated rings. The number of amides is 1. The van der Waals surface area contributed by atoms with Crippen LogP contribution in [0.25, 0.3) is 0 Å². The van der Waals surface area contributed by atoms with Gasteiger partial charge in [-0.05, 0) is 49.7 Å². The summed E-state index contributed by atoms with van der Waals surface area (Å²) in [6.07, 6.45) is 5.16. The van der Waals surface area contributed by atoms with Gasteiger partial charge in [0.1, 0.15) is 0 Å². The Balaban J connectivity index is 1.36. The Labute approximate surface area is 156 Å². The minimum atomic E-state index is -3.39. The molecule has 26 heavy (non-hydrogen) atoms. The number of benzene rings is 1. The quantitative estimate of drug-likeness (QED) is 0.764. The predicted molar refractivity (Wildman–Crippen MR) is 101 cm³/mol. The normalized spacial score (nSPS) is 26.7. The van der Waals surface area contributed by atoms with Crippen molar-refractivity contribution in [3.8, 4) is 0 Å². The molecule has 0 N–H and O–H groups in total. The standard InChI is InChI=1S/C20H28N2O3S/c23-20(10-11-26(24,25)19-4-2-1-3-5-19)22-14-17-8-9-18(15-22)21(13-17)12-16-6-7-16/h1-5,16-18H,6-15H2/t17-,18-/m0/s1. The van der Waals surface area contributed by atoms with Crippen LogP contribution in [0, 0.1) is 11.8 Å². The third-order valence-electron chi connectivity index (χ3n) is 6.06. The second kappa shape index (κ2) is 7.31. The molecule has 0 unspecified atom stereocenters. The van der Waals surface area contributed by atoms with Crippen molar-refractivity contribution in [3.05, 3.63) is 30.3 Å². The number of piperidine rings is 1. The SMILES string of the molecule is O=C(CCS(=O)(=O)c1ccccc1)N1C[C@H]2CC[C@@H](C1)N(CC1CC1)C2. The lowest BCUT2D eigenvalue weighted by Gasteiger charge is -2.36. The van der Waals surface area contributed by atoms with Gasteiger partial charge in [0.15, 0.2) is 9.84 Å². The first-order valence-corrected chi connectivity index (χ1v) is 11.5. The smallest absolute Gasteiger partial charge is 0.223 e. The Morgan fingerprint density at radius 1 is 1.00 bits per heavy atom. The fraction of sp³-hybridized carbons (Fsp3) is 0.650. The van der Waals surface area contributed by atoms with E-state index in [1.165, 1.54) is 32.2 Å². The molecule has 2 bridgehead atoms. The summed E-state index contributed by atoms with van der Waals surface area (Å²) in [6.45, 7) is 3.86. The van der Waals surface area contributed by atoms with Crippen LogP contribution in [0.15, 0.2) is 35.2 Å². The molecule has 1 saturated carbocycles. The van der Waals surface area contributed by atoms with Crippen LogP contribution in [0.2, 0.25) is 0 Å². The maximum absolute atomic E-state index is 12.7. The topological polar surface area (TPSA) is 57.7 Å². The van der Waals surface area contributed by atoms with Crippen molar-refractivity contribution >= 4 is 15.7 Å². The van der Waals surface area contributed by atoms with E-state index in [0.717, 1.165) is 25.6 Å². The van der Waals surface area contributed by atoms with E-state index in [1.807, 2.05) is 4.90 Å². The molecule has 0 radical (unpaired) electrons. The third kappa shape index (κ3) is 4.12. The zero-order valence-electron chi connectivity index (χ0n) is 15.2. The van der Waals surface area contributed by atoms with Crippen LogP contribution >= 0.6 is 0 Å². The Hall–Kier alpha value is -1.40. The van der Waals surface area contributed by atoms with Crippen molar-refractivity contribution in [3.63, 3.8) is 0 Å². The van der Waals surface area contributed by atoms with Gasteiger partial charge >= 0.3 is 0 Å². The van der Waals surface area contributed by atoms with Crippen LogP contribution in [-0.2, 0) is 14.6 Å². The highest BCUT2D eigenvalue weighted by Gasteiger charge is 2.38. The zero-order chi connectivity index (χ0) is 18.1. The first-order chi connectivity index (χ1) is 12.5. The molecule has 0 aromatic heterocycles. The predicted octanol–water partition coefficient (Wildman–Crippen LogP) is 2.18. The first-order valence-electron chi connectivity index (χ1n) is 9.81. The summed E-state index contributed by atoms with van der Waals surface area (Å²) in [5.41, 5.74) is 0. The number of hydrogen-bond donors (Lipinski definition) is 0. The van der Waals surface area contributed by atoms with Gasteiger partial charge in [0.25, 0.3) is 0 Å². The van der Waals surface area contributed by atoms with Crippen LogP contribution in [-0.4, -0.2) is 62.1 Å². The molecule has 2 atom stereocenters. The van der Waals surface area contributed by atoms with Gasteiger partial charge < -0.3 is 4.90 Å². The monoisotopic (exact) mass is 376 g/mol. The van der Waals surface area contributed by atoms with Crippen molar-refractivity contribution in [2.75, 3.05) is 31.9 Å². The number of fused-ring (bicyclic) bond motifs is 4. The number of carbonyl (C=O) groups is 1. The molecule has 5 rings (SSSR count). The van der Waals surface area contributed by atoms with Crippen molar-refractivity contribution in [2.24, 2.45) is 11.8 Å². The fourth-order valence-electron chi connectivity index (χ4n) is 4.36. The molecule has 1 aliphatic carbocycles. The van der Waals surface area contributed by atoms with E-state index in [4.69, 9.17) is 0 Å². The lowest BCUT2D eigenvalue weighted by molar-refractivity contribution is -0.131. The summed E-state index contributed by atoms with van der Waals surface area (Å²) in [7, 11) is -3.39. The average molecular weight is 377 g/mol. The fourth-order valence-corrected chi connectivity index (χ4v) is 5.61. The average Bonchev–Trinajstić information content (AvgIpc) is 3.48. The van der Waals surface area contributed by atoms with Crippen LogP contribution in [0.1, 0.15) is 32.1 Å². The van der Waals surface area contributed by atoms with Gasteiger partial charge in [0.2, 0.25) is 5.91 Å². The Morgan fingerprint density at radius 2 is 1.77 bits per heavy atom. The minimum Gasteiger partial charge on any atom is -0.341 e. The van der Waals surface area contributed by atoms with Gasteiger partial charge in [0, 0.05) is 38.6 Å². The number of rotatable bonds is 6. The largest absolute Gasteiger partial charge is 0.341 e. The number of nitrogens with zero attached hydrogens (tertiary/aromatic N) is 2. The van der Waals surface area contributed by atoms with Gasteiger partial charge in [0.05, 0.1) is 10.6 Å². The summed E-state index contributed by atoms with van der Waals surface area (Å²) in [4.78, 5) is 17.6. The number of hydrogen-bond acceptors (Lipinski definition) is 4. The maximum atomic E-state index is 12.7. The van der Waals surface area contributed by atoms with E-state index < -0.39 is 9.84 Å². The molecule has 6 heteroatoms. The van der Waals surface area contributed by atoms with Crippen molar-refractivity contribution < 1.29 is 13.2 Å². The zero-order valence-corrected chi connectivity index (χ0v) is 16.0. The molecular formula is C20H28N2O3S. The Bertz CT molecular complexity index is 746. The molecule has 0 spiro atoms. The lowest BCUT2D eigenvalue weighted by atomic mass is 9.95. The highest BCUT2D eigenvalue weighted by Crippen LogP contribution is 2.35. The summed E-state index contributed by atoms with van der Waals surface area (Å²) in [5, 5.41) is 0. The second-order valence-corrected chi connectivity index (χ2v) is 10.3. The van der Waals surface area contributed by atoms with E-state index in [2.05, 4.69) is 4.90 Å². The van der Waals surface area contributed by atoms with E-state index >= 15 is 0 Å². The molecule has 4 aliphatic rings. The Kier molecular flexibility index (Phi) is 5.06. The van der Waals surface area contributed by atoms with E-state index in [0.29, 0.717) is 16.9 Å². The van der Waals surface area contributed by atoms with E-state index in [9.17, 15) is 13.2 Å². The van der Waals surface area contributed by atoms with Gasteiger partial charge in [-0.1, -0.05) is 18.2 Å². The van der Waals surface area contributed by atoms with E-state index in [1.54, 1.807) is 30.3 Å². The van der Waals surface area contributed by atoms with Gasteiger partial charge in [-0.3, -0.25) is 9.69 Å². The van der Waals surface area contributed by atoms with Gasteiger partial charge in [-0.25, -0.2) is 8.42 Å². The molecule has 3 saturated heterocycles. The molecule has 1 aromatic rings. The van der Waals surface area contributed by atoms with Crippen LogP contribution in [0.3, 0.4) is 0 Å². The molecule has 3 heterocycles. The molecular weight excluding hydrogens is 348 g/mol. The van der Waals surface area contributed by atoms with Gasteiger partial charge in [-0.15, -0.1) is 0 Å². The third-order valence-corrected chi connectivity index (χ3v) is 7.79. The van der Waals surface area contributed by atoms with Crippen LogP contribution in [0.4, 0.5) is 0 Å². The molecule has 3 aliphatic heterocycles. The lowest BCUT2D eigenvalue weighted by Crippen LogP contribution is -2.45. The van der Waals surface area contributed by atoms with Crippen molar-refractivity contribution in [1.82, 2.24) is 9.80 Å². The van der Waals surface area contributed by atoms with Crippen molar-refractivity contribution in [1.29, 1.82) is 0 Å². The molecule has 1 amide bonds. The second-order valence-electron chi connectivity index (χ2n) is 8.18. The number of carbonyl (C=O) groups excluding carboxylic acids is 1.